The Kier molecular flexibility index (Phi) is 2.86. The van der Waals surface area contributed by atoms with Crippen LogP contribution in [0.1, 0.15) is 19.8 Å². The van der Waals surface area contributed by atoms with Gasteiger partial charge in [-0.2, -0.15) is 0 Å². The molecule has 1 saturated heterocycles. The van der Waals surface area contributed by atoms with Crippen LogP contribution in [0.15, 0.2) is 0 Å². The van der Waals surface area contributed by atoms with Crippen LogP contribution in [0.4, 0.5) is 0 Å². The third-order valence-corrected chi connectivity index (χ3v) is 3.22. The van der Waals surface area contributed by atoms with Crippen molar-refractivity contribution in [2.24, 2.45) is 5.92 Å². The molecule has 2 N–H and O–H groups in total. The minimum Gasteiger partial charge on any atom is -0.390 e. The zero-order valence-corrected chi connectivity index (χ0v) is 8.37. The quantitative estimate of drug-likeness (QED) is 0.648. The minimum absolute atomic E-state index is 0.154. The molecule has 0 aromatic carbocycles. The number of aliphatic hydroxyl groups excluding tert-OH is 1. The van der Waals surface area contributed by atoms with Gasteiger partial charge in [-0.15, -0.1) is 0 Å². The van der Waals surface area contributed by atoms with Crippen molar-refractivity contribution in [1.29, 1.82) is 0 Å². The number of hydrogen-bond acceptors (Lipinski definition) is 3. The molecule has 1 aliphatic carbocycles. The molecular formula is C10H20N2O. The molecular weight excluding hydrogens is 164 g/mol. The summed E-state index contributed by atoms with van der Waals surface area (Å²) in [6.07, 6.45) is 2.64. The number of likely N-dealkylation sites (N-methyl/N-ethyl adjacent to an activating group) is 1. The Morgan fingerprint density at radius 3 is 2.62 bits per heavy atom. The van der Waals surface area contributed by atoms with Crippen LogP contribution in [0.2, 0.25) is 0 Å². The predicted octanol–water partition coefficient (Wildman–Crippen LogP) is 0.0510. The first-order valence-corrected chi connectivity index (χ1v) is 5.44. The van der Waals surface area contributed by atoms with Crippen LogP contribution >= 0.6 is 0 Å². The summed E-state index contributed by atoms with van der Waals surface area (Å²) in [4.78, 5) is 2.43. The molecule has 0 aromatic heterocycles. The zero-order chi connectivity index (χ0) is 9.26. The maximum Gasteiger partial charge on any atom is 0.0831 e. The van der Waals surface area contributed by atoms with E-state index in [0.29, 0.717) is 6.04 Å². The summed E-state index contributed by atoms with van der Waals surface area (Å²) >= 11 is 0. The smallest absolute Gasteiger partial charge is 0.0831 e. The lowest BCUT2D eigenvalue weighted by Crippen LogP contribution is -2.44. The average molecular weight is 184 g/mol. The van der Waals surface area contributed by atoms with E-state index in [9.17, 15) is 5.11 Å². The van der Waals surface area contributed by atoms with Crippen molar-refractivity contribution in [3.8, 4) is 0 Å². The van der Waals surface area contributed by atoms with Crippen molar-refractivity contribution < 1.29 is 5.11 Å². The van der Waals surface area contributed by atoms with Crippen molar-refractivity contribution in [2.75, 3.05) is 26.2 Å². The van der Waals surface area contributed by atoms with Crippen LogP contribution in [0, 0.1) is 5.92 Å². The van der Waals surface area contributed by atoms with E-state index in [-0.39, 0.29) is 6.10 Å². The molecule has 2 rings (SSSR count). The van der Waals surface area contributed by atoms with E-state index >= 15 is 0 Å². The van der Waals surface area contributed by atoms with E-state index in [1.165, 1.54) is 19.4 Å². The Labute approximate surface area is 80.1 Å². The van der Waals surface area contributed by atoms with Crippen LogP contribution < -0.4 is 5.32 Å². The van der Waals surface area contributed by atoms with Crippen LogP contribution in [-0.2, 0) is 0 Å². The van der Waals surface area contributed by atoms with Gasteiger partial charge in [0, 0.05) is 25.7 Å². The molecule has 0 amide bonds. The fourth-order valence-electron chi connectivity index (χ4n) is 2.15. The van der Waals surface area contributed by atoms with Gasteiger partial charge in [-0.1, -0.05) is 6.92 Å². The van der Waals surface area contributed by atoms with Gasteiger partial charge in [0.15, 0.2) is 0 Å². The standard InChI is InChI=1S/C10H20N2O/c1-2-12(7-8-3-4-8)9-5-11-6-10(9)13/h8-11,13H,2-7H2,1H3. The first-order valence-electron chi connectivity index (χ1n) is 5.44. The Morgan fingerprint density at radius 1 is 1.38 bits per heavy atom. The molecule has 0 bridgehead atoms. The minimum atomic E-state index is -0.154. The highest BCUT2D eigenvalue weighted by molar-refractivity contribution is 4.90. The molecule has 0 spiro atoms. The normalized spacial score (nSPS) is 34.4. The topological polar surface area (TPSA) is 35.5 Å². The Balaban J connectivity index is 1.85. The number of nitrogens with one attached hydrogen (secondary N) is 1. The summed E-state index contributed by atoms with van der Waals surface area (Å²) in [5.74, 6) is 0.924. The molecule has 3 heteroatoms. The third kappa shape index (κ3) is 2.22. The second-order valence-corrected chi connectivity index (χ2v) is 4.32. The van der Waals surface area contributed by atoms with Gasteiger partial charge in [0.05, 0.1) is 6.10 Å². The van der Waals surface area contributed by atoms with Gasteiger partial charge < -0.3 is 10.4 Å². The number of nitrogens with zero attached hydrogens (tertiary/aromatic N) is 1. The van der Waals surface area contributed by atoms with Crippen LogP contribution in [0.5, 0.6) is 0 Å². The lowest BCUT2D eigenvalue weighted by molar-refractivity contribution is 0.0834. The highest BCUT2D eigenvalue weighted by Gasteiger charge is 2.33. The number of hydrogen-bond donors (Lipinski definition) is 2. The molecule has 1 saturated carbocycles. The molecule has 1 aliphatic heterocycles. The van der Waals surface area contributed by atoms with Gasteiger partial charge in [-0.3, -0.25) is 4.90 Å². The van der Waals surface area contributed by atoms with Crippen LogP contribution in [-0.4, -0.2) is 48.3 Å². The van der Waals surface area contributed by atoms with Crippen molar-refractivity contribution in [2.45, 2.75) is 31.9 Å². The summed E-state index contributed by atoms with van der Waals surface area (Å²) in [6, 6.07) is 0.366. The lowest BCUT2D eigenvalue weighted by Gasteiger charge is -2.29. The molecule has 0 radical (unpaired) electrons. The summed E-state index contributed by atoms with van der Waals surface area (Å²) in [5.41, 5.74) is 0. The molecule has 2 fully saturated rings. The molecule has 13 heavy (non-hydrogen) atoms. The molecule has 2 aliphatic rings. The SMILES string of the molecule is CCN(CC1CC1)C1CNCC1O. The second kappa shape index (κ2) is 3.95. The largest absolute Gasteiger partial charge is 0.390 e. The van der Waals surface area contributed by atoms with Gasteiger partial charge in [0.1, 0.15) is 0 Å². The van der Waals surface area contributed by atoms with Gasteiger partial charge in [-0.25, -0.2) is 0 Å². The van der Waals surface area contributed by atoms with Crippen molar-refractivity contribution in [1.82, 2.24) is 10.2 Å². The van der Waals surface area contributed by atoms with Crippen LogP contribution in [0.3, 0.4) is 0 Å². The maximum atomic E-state index is 9.72. The van der Waals surface area contributed by atoms with E-state index in [0.717, 1.165) is 25.6 Å². The molecule has 2 atom stereocenters. The van der Waals surface area contributed by atoms with E-state index in [4.69, 9.17) is 0 Å². The molecule has 1 heterocycles. The summed E-state index contributed by atoms with van der Waals surface area (Å²) in [7, 11) is 0. The van der Waals surface area contributed by atoms with E-state index in [1.54, 1.807) is 0 Å². The highest BCUT2D eigenvalue weighted by atomic mass is 16.3. The fourth-order valence-corrected chi connectivity index (χ4v) is 2.15. The van der Waals surface area contributed by atoms with E-state index in [1.807, 2.05) is 0 Å². The first-order chi connectivity index (χ1) is 6.31. The number of β-amino-alcohol motifs (C(OH)–C–C–N with tert-alkyl or cyclic N) is 1. The van der Waals surface area contributed by atoms with Crippen molar-refractivity contribution in [3.63, 3.8) is 0 Å². The van der Waals surface area contributed by atoms with E-state index < -0.39 is 0 Å². The van der Waals surface area contributed by atoms with Gasteiger partial charge >= 0.3 is 0 Å². The lowest BCUT2D eigenvalue weighted by atomic mass is 10.1. The first kappa shape index (κ1) is 9.44. The summed E-state index contributed by atoms with van der Waals surface area (Å²) in [6.45, 7) is 6.18. The second-order valence-electron chi connectivity index (χ2n) is 4.32. The monoisotopic (exact) mass is 184 g/mol. The number of aliphatic hydroxyl groups is 1. The Hall–Kier alpha value is -0.120. The van der Waals surface area contributed by atoms with Crippen LogP contribution in [0.25, 0.3) is 0 Å². The zero-order valence-electron chi connectivity index (χ0n) is 8.37. The molecule has 2 unspecified atom stereocenters. The fraction of sp³-hybridized carbons (Fsp3) is 1.00. The van der Waals surface area contributed by atoms with Crippen molar-refractivity contribution in [3.05, 3.63) is 0 Å². The average Bonchev–Trinajstić information content (AvgIpc) is 2.85. The molecule has 0 aromatic rings. The third-order valence-electron chi connectivity index (χ3n) is 3.22. The molecule has 3 nitrogen and oxygen atoms in total. The van der Waals surface area contributed by atoms with E-state index in [2.05, 4.69) is 17.1 Å². The highest BCUT2D eigenvalue weighted by Crippen LogP contribution is 2.30. The van der Waals surface area contributed by atoms with Crippen molar-refractivity contribution >= 4 is 0 Å². The predicted molar refractivity (Wildman–Crippen MR) is 52.6 cm³/mol. The van der Waals surface area contributed by atoms with Gasteiger partial charge in [0.25, 0.3) is 0 Å². The summed E-state index contributed by atoms with van der Waals surface area (Å²) < 4.78 is 0. The molecule has 76 valence electrons. The van der Waals surface area contributed by atoms with Gasteiger partial charge in [-0.05, 0) is 25.3 Å². The maximum absolute atomic E-state index is 9.72. The summed E-state index contributed by atoms with van der Waals surface area (Å²) in [5, 5.41) is 13.0. The number of rotatable bonds is 4. The Morgan fingerprint density at radius 2 is 2.15 bits per heavy atom. The Bertz CT molecular complexity index is 170. The van der Waals surface area contributed by atoms with Gasteiger partial charge in [0.2, 0.25) is 0 Å².